The van der Waals surface area contributed by atoms with E-state index >= 15 is 0 Å². The van der Waals surface area contributed by atoms with Gasteiger partial charge in [-0.3, -0.25) is 24.0 Å². The molecule has 1 aliphatic heterocycles. The number of benzene rings is 3. The van der Waals surface area contributed by atoms with E-state index in [-0.39, 0.29) is 60.9 Å². The molecule has 4 aromatic rings. The number of nitrogens with one attached hydrogen (secondary N) is 4. The molecule has 0 saturated carbocycles. The van der Waals surface area contributed by atoms with Gasteiger partial charge in [-0.15, -0.1) is 11.3 Å². The second-order valence-corrected chi connectivity index (χ2v) is 21.5. The number of carbonyl (C=O) groups excluding carboxylic acids is 4. The normalized spacial score (nSPS) is 15.7. The number of nitrogens with zero attached hydrogens (tertiary/aromatic N) is 2. The van der Waals surface area contributed by atoms with Gasteiger partial charge >= 0.3 is 0 Å². The number of rotatable bonds is 28. The van der Waals surface area contributed by atoms with E-state index in [4.69, 9.17) is 4.84 Å². The van der Waals surface area contributed by atoms with Crippen molar-refractivity contribution in [2.24, 2.45) is 11.3 Å². The van der Waals surface area contributed by atoms with Gasteiger partial charge in [0.15, 0.2) is 11.6 Å². The zero-order valence-corrected chi connectivity index (χ0v) is 44.1. The number of aliphatic hydroxyl groups is 1. The van der Waals surface area contributed by atoms with Crippen LogP contribution in [0.25, 0.3) is 10.4 Å². The summed E-state index contributed by atoms with van der Waals surface area (Å²) < 4.78 is 43.7. The Morgan fingerprint density at radius 2 is 1.54 bits per heavy atom. The average Bonchev–Trinajstić information content (AvgIpc) is 3.94. The minimum atomic E-state index is -1.30. The fraction of sp³-hybridized carbons (Fsp3) is 0.528. The van der Waals surface area contributed by atoms with E-state index in [0.29, 0.717) is 16.4 Å². The monoisotopic (exact) mass is 1100 g/mol. The molecule has 382 valence electrons. The number of Topliss-reactive ketones (excluding diaryl/α,β-unsaturated/α-hetero) is 1. The molecule has 1 aliphatic rings. The molecule has 0 aliphatic carbocycles. The first-order valence-corrected chi connectivity index (χ1v) is 26.5. The summed E-state index contributed by atoms with van der Waals surface area (Å²) in [7, 11) is 0. The fourth-order valence-electron chi connectivity index (χ4n) is 8.61. The zero-order chi connectivity index (χ0) is 50.8. The number of thiazole rings is 1. The smallest absolute Gasteiger partial charge is 0.277 e. The number of hydrogen-bond acceptors (Lipinski definition) is 10. The molecule has 3 amide bonds. The topological polar surface area (TPSA) is 162 Å². The number of hydroxylamine groups is 1. The van der Waals surface area contributed by atoms with Crippen molar-refractivity contribution in [1.82, 2.24) is 26.0 Å². The molecule has 12 nitrogen and oxygen atoms in total. The molecule has 1 fully saturated rings. The van der Waals surface area contributed by atoms with Crippen molar-refractivity contribution >= 4 is 68.8 Å². The summed E-state index contributed by atoms with van der Waals surface area (Å²) >= 11 is 3.51. The third-order valence-electron chi connectivity index (χ3n) is 12.8. The van der Waals surface area contributed by atoms with Crippen molar-refractivity contribution in [3.8, 4) is 10.4 Å². The van der Waals surface area contributed by atoms with E-state index in [1.165, 1.54) is 17.0 Å². The molecular formula is C53H70F3IN6O6S. The van der Waals surface area contributed by atoms with Gasteiger partial charge in [0.2, 0.25) is 11.8 Å². The van der Waals surface area contributed by atoms with Gasteiger partial charge in [-0.05, 0) is 122 Å². The van der Waals surface area contributed by atoms with E-state index in [9.17, 15) is 37.5 Å². The maximum atomic E-state index is 14.7. The predicted octanol–water partition coefficient (Wildman–Crippen LogP) is 11.3. The number of unbranched alkanes of at least 4 members (excludes halogenated alkanes) is 9. The molecule has 0 unspecified atom stereocenters. The van der Waals surface area contributed by atoms with Crippen LogP contribution in [0.4, 0.5) is 24.5 Å². The Labute approximate surface area is 428 Å². The summed E-state index contributed by atoms with van der Waals surface area (Å²) in [4.78, 5) is 66.0. The first-order chi connectivity index (χ1) is 33.4. The number of likely N-dealkylation sites (tertiary alicyclic amines) is 1. The molecule has 70 heavy (non-hydrogen) atoms. The Balaban J connectivity index is 0.885. The van der Waals surface area contributed by atoms with Crippen molar-refractivity contribution in [2.45, 2.75) is 143 Å². The summed E-state index contributed by atoms with van der Waals surface area (Å²) in [6.07, 6.45) is 10.9. The molecule has 1 saturated heterocycles. The quantitative estimate of drug-likeness (QED) is 0.0212. The largest absolute Gasteiger partial charge is 0.391 e. The van der Waals surface area contributed by atoms with Crippen molar-refractivity contribution in [3.05, 3.63) is 98.0 Å². The van der Waals surface area contributed by atoms with Gasteiger partial charge in [-0.25, -0.2) is 23.6 Å². The number of carbonyl (C=O) groups is 4. The lowest BCUT2D eigenvalue weighted by molar-refractivity contribution is -0.146. The van der Waals surface area contributed by atoms with Crippen LogP contribution in [0.1, 0.15) is 145 Å². The van der Waals surface area contributed by atoms with Crippen LogP contribution >= 0.6 is 33.9 Å². The first kappa shape index (κ1) is 56.5. The first-order valence-electron chi connectivity index (χ1n) is 24.6. The van der Waals surface area contributed by atoms with E-state index < -0.39 is 52.5 Å². The lowest BCUT2D eigenvalue weighted by atomic mass is 9.76. The number of halogens is 4. The van der Waals surface area contributed by atoms with Gasteiger partial charge in [0, 0.05) is 35.3 Å². The molecular weight excluding hydrogens is 1030 g/mol. The number of amides is 3. The van der Waals surface area contributed by atoms with Gasteiger partial charge in [0.1, 0.15) is 17.6 Å². The van der Waals surface area contributed by atoms with Crippen LogP contribution in [0.15, 0.2) is 60.1 Å². The lowest BCUT2D eigenvalue weighted by Gasteiger charge is -2.35. The summed E-state index contributed by atoms with van der Waals surface area (Å²) in [5.74, 6) is -5.08. The Hall–Kier alpha value is -4.43. The van der Waals surface area contributed by atoms with Gasteiger partial charge in [0.05, 0.1) is 51.8 Å². The maximum Gasteiger partial charge on any atom is 0.277 e. The number of aryl methyl sites for hydroxylation is 1. The highest BCUT2D eigenvalue weighted by atomic mass is 127. The number of aliphatic hydroxyl groups excluding tert-OH is 1. The molecule has 5 rings (SSSR count). The maximum absolute atomic E-state index is 14.7. The number of hydrogen-bond donors (Lipinski definition) is 5. The van der Waals surface area contributed by atoms with Gasteiger partial charge in [-0.2, -0.15) is 0 Å². The van der Waals surface area contributed by atoms with Gasteiger partial charge in [0.25, 0.3) is 5.91 Å². The van der Waals surface area contributed by atoms with E-state index in [2.05, 4.69) is 26.4 Å². The molecule has 0 bridgehead atoms. The fourth-order valence-corrected chi connectivity index (χ4v) is 9.88. The van der Waals surface area contributed by atoms with Crippen LogP contribution in [-0.4, -0.2) is 76.9 Å². The summed E-state index contributed by atoms with van der Waals surface area (Å²) in [6, 6.07) is 13.0. The summed E-state index contributed by atoms with van der Waals surface area (Å²) in [5.41, 5.74) is 5.71. The Kier molecular flexibility index (Phi) is 22.6. The van der Waals surface area contributed by atoms with Crippen LogP contribution < -0.4 is 21.4 Å². The Morgan fingerprint density at radius 3 is 2.19 bits per heavy atom. The average molecular weight is 1100 g/mol. The van der Waals surface area contributed by atoms with Crippen LogP contribution in [0, 0.1) is 39.3 Å². The molecule has 4 atom stereocenters. The SMILES string of the molecule is Cc1ncsc1-c1ccc([C@H](C)NC(=O)[C@H]2C[C@H](O)CN2C(=O)[C@@H](CC(=O)CCCCCCCCCCCNCCCCONC(=O)c2ccc(F)c(F)c2Nc2ccc(I)cc2F)C(C)(C)C)cc1. The van der Waals surface area contributed by atoms with Crippen LogP contribution in [0.3, 0.4) is 0 Å². The third kappa shape index (κ3) is 17.1. The molecule has 2 heterocycles. The molecule has 0 radical (unpaired) electrons. The highest BCUT2D eigenvalue weighted by Crippen LogP contribution is 2.35. The highest BCUT2D eigenvalue weighted by molar-refractivity contribution is 14.1. The van der Waals surface area contributed by atoms with Gasteiger partial charge in [-0.1, -0.05) is 90.0 Å². The van der Waals surface area contributed by atoms with Crippen molar-refractivity contribution < 1.29 is 42.3 Å². The number of ketones is 1. The second-order valence-electron chi connectivity index (χ2n) is 19.4. The van der Waals surface area contributed by atoms with E-state index in [1.807, 2.05) is 87.0 Å². The number of anilines is 2. The predicted molar refractivity (Wildman–Crippen MR) is 278 cm³/mol. The zero-order valence-electron chi connectivity index (χ0n) is 41.1. The van der Waals surface area contributed by atoms with E-state index in [1.54, 1.807) is 17.4 Å². The van der Waals surface area contributed by atoms with Crippen molar-refractivity contribution in [3.63, 3.8) is 0 Å². The van der Waals surface area contributed by atoms with Crippen LogP contribution in [0.2, 0.25) is 0 Å². The number of β-amino-alcohol motifs (C(OH)–C–C–N with tert-alkyl or cyclic N) is 1. The highest BCUT2D eigenvalue weighted by Gasteiger charge is 2.44. The van der Waals surface area contributed by atoms with Crippen LogP contribution in [-0.2, 0) is 19.2 Å². The molecule has 17 heteroatoms. The summed E-state index contributed by atoms with van der Waals surface area (Å²) in [5, 5.41) is 19.6. The lowest BCUT2D eigenvalue weighted by Crippen LogP contribution is -2.50. The minimum Gasteiger partial charge on any atom is -0.391 e. The van der Waals surface area contributed by atoms with Crippen molar-refractivity contribution in [2.75, 3.05) is 31.6 Å². The van der Waals surface area contributed by atoms with Crippen LogP contribution in [0.5, 0.6) is 0 Å². The minimum absolute atomic E-state index is 0.0500. The summed E-state index contributed by atoms with van der Waals surface area (Å²) in [6.45, 7) is 11.7. The Bertz CT molecular complexity index is 2350. The molecule has 0 spiro atoms. The molecule has 1 aromatic heterocycles. The van der Waals surface area contributed by atoms with Crippen molar-refractivity contribution in [1.29, 1.82) is 0 Å². The van der Waals surface area contributed by atoms with Gasteiger partial charge < -0.3 is 26.0 Å². The Morgan fingerprint density at radius 1 is 0.886 bits per heavy atom. The molecule has 5 N–H and O–H groups in total. The van der Waals surface area contributed by atoms with E-state index in [0.717, 1.165) is 111 Å². The third-order valence-corrected chi connectivity index (χ3v) is 14.4. The molecule has 3 aromatic carbocycles. The number of aromatic nitrogens is 1. The second kappa shape index (κ2) is 28.0. The standard InChI is InChI=1S/C53H70F3IN6O6S/c1-34(36-18-20-37(21-19-36)49-35(2)59-33-70-49)60-51(67)46-31-40(65)32-63(46)52(68)42(53(3,4)5)30-39(64)17-13-11-9-7-6-8-10-12-14-26-58-27-15-16-28-69-62-50(66)41-23-24-43(54)47(56)48(41)61-45-25-22-38(57)29-44(45)55/h18-25,29,33-34,40,42,46,58,61,65H,6-17,26-28,30-32H2,1-5H3,(H,60,67)(H,62,66)/t34-,40-,42+,46+/m0/s1.